The predicted octanol–water partition coefficient (Wildman–Crippen LogP) is 1.91. The molecule has 0 radical (unpaired) electrons. The summed E-state index contributed by atoms with van der Waals surface area (Å²) in [4.78, 5) is 14.1. The summed E-state index contributed by atoms with van der Waals surface area (Å²) in [7, 11) is 0. The Labute approximate surface area is 98.4 Å². The van der Waals surface area contributed by atoms with Crippen LogP contribution in [0.2, 0.25) is 0 Å². The number of carbonyl (C=O) groups is 1. The van der Waals surface area contributed by atoms with E-state index in [1.165, 1.54) is 38.5 Å². The molecule has 1 amide bonds. The fraction of sp³-hybridized carbons (Fsp3) is 0.923. The van der Waals surface area contributed by atoms with Crippen LogP contribution in [0.4, 0.5) is 0 Å². The predicted molar refractivity (Wildman–Crippen MR) is 65.0 cm³/mol. The van der Waals surface area contributed by atoms with Crippen molar-refractivity contribution in [1.29, 1.82) is 0 Å². The van der Waals surface area contributed by atoms with Gasteiger partial charge in [-0.15, -0.1) is 0 Å². The second kappa shape index (κ2) is 4.02. The first-order valence-electron chi connectivity index (χ1n) is 6.51. The molecule has 0 atom stereocenters. The van der Waals surface area contributed by atoms with Gasteiger partial charge in [0.25, 0.3) is 0 Å². The quantitative estimate of drug-likeness (QED) is 0.739. The molecule has 2 aliphatic rings. The van der Waals surface area contributed by atoms with E-state index < -0.39 is 5.54 Å². The SMILES string of the molecule is CC(C)(N)C(=O)N1CCC2(CCCCC2)C1. The third-order valence-electron chi connectivity index (χ3n) is 4.19. The summed E-state index contributed by atoms with van der Waals surface area (Å²) in [6.45, 7) is 5.48. The van der Waals surface area contributed by atoms with Gasteiger partial charge in [0.2, 0.25) is 5.91 Å². The zero-order valence-electron chi connectivity index (χ0n) is 10.6. The van der Waals surface area contributed by atoms with E-state index in [4.69, 9.17) is 5.73 Å². The Morgan fingerprint density at radius 1 is 1.19 bits per heavy atom. The van der Waals surface area contributed by atoms with Crippen molar-refractivity contribution in [3.8, 4) is 0 Å². The van der Waals surface area contributed by atoms with Crippen LogP contribution in [0.3, 0.4) is 0 Å². The molecule has 0 aromatic carbocycles. The van der Waals surface area contributed by atoms with Gasteiger partial charge in [-0.3, -0.25) is 4.79 Å². The Balaban J connectivity index is 1.99. The minimum absolute atomic E-state index is 0.120. The number of carbonyl (C=O) groups excluding carboxylic acids is 1. The van der Waals surface area contributed by atoms with Crippen LogP contribution in [0.1, 0.15) is 52.4 Å². The number of rotatable bonds is 1. The van der Waals surface area contributed by atoms with Crippen molar-refractivity contribution in [3.63, 3.8) is 0 Å². The molecular weight excluding hydrogens is 200 g/mol. The Morgan fingerprint density at radius 3 is 2.38 bits per heavy atom. The van der Waals surface area contributed by atoms with Crippen molar-refractivity contribution in [2.75, 3.05) is 13.1 Å². The van der Waals surface area contributed by atoms with Crippen molar-refractivity contribution < 1.29 is 4.79 Å². The van der Waals surface area contributed by atoms with Crippen LogP contribution in [0.25, 0.3) is 0 Å². The molecular formula is C13H24N2O. The van der Waals surface area contributed by atoms with E-state index in [1.807, 2.05) is 4.90 Å². The van der Waals surface area contributed by atoms with Crippen molar-refractivity contribution in [2.24, 2.45) is 11.1 Å². The average molecular weight is 224 g/mol. The lowest BCUT2D eigenvalue weighted by Crippen LogP contribution is -2.50. The molecule has 1 aliphatic heterocycles. The van der Waals surface area contributed by atoms with Gasteiger partial charge < -0.3 is 10.6 Å². The van der Waals surface area contributed by atoms with Gasteiger partial charge in [0.15, 0.2) is 0 Å². The molecule has 1 saturated carbocycles. The first-order valence-corrected chi connectivity index (χ1v) is 6.51. The molecule has 92 valence electrons. The Kier molecular flexibility index (Phi) is 2.99. The van der Waals surface area contributed by atoms with E-state index in [0.29, 0.717) is 5.41 Å². The van der Waals surface area contributed by atoms with Crippen LogP contribution < -0.4 is 5.73 Å². The lowest BCUT2D eigenvalue weighted by molar-refractivity contribution is -0.135. The molecule has 3 nitrogen and oxygen atoms in total. The number of hydrogen-bond acceptors (Lipinski definition) is 2. The molecule has 2 fully saturated rings. The lowest BCUT2D eigenvalue weighted by atomic mass is 9.73. The maximum atomic E-state index is 12.1. The summed E-state index contributed by atoms with van der Waals surface area (Å²) < 4.78 is 0. The van der Waals surface area contributed by atoms with Gasteiger partial charge in [-0.05, 0) is 38.5 Å². The second-order valence-corrected chi connectivity index (χ2v) is 6.26. The molecule has 2 N–H and O–H groups in total. The average Bonchev–Trinajstić information content (AvgIpc) is 2.61. The van der Waals surface area contributed by atoms with Crippen molar-refractivity contribution in [1.82, 2.24) is 4.90 Å². The third-order valence-corrected chi connectivity index (χ3v) is 4.19. The zero-order chi connectivity index (χ0) is 11.8. The molecule has 0 bridgehead atoms. The monoisotopic (exact) mass is 224 g/mol. The van der Waals surface area contributed by atoms with Crippen molar-refractivity contribution in [2.45, 2.75) is 57.9 Å². The maximum absolute atomic E-state index is 12.1. The second-order valence-electron chi connectivity index (χ2n) is 6.26. The summed E-state index contributed by atoms with van der Waals surface area (Å²) in [5.74, 6) is 0.120. The van der Waals surface area contributed by atoms with E-state index in [0.717, 1.165) is 13.1 Å². The summed E-state index contributed by atoms with van der Waals surface area (Å²) in [6.07, 6.45) is 7.86. The molecule has 16 heavy (non-hydrogen) atoms. The van der Waals surface area contributed by atoms with Gasteiger partial charge in [0, 0.05) is 13.1 Å². The third kappa shape index (κ3) is 2.24. The molecule has 3 heteroatoms. The van der Waals surface area contributed by atoms with E-state index in [9.17, 15) is 4.79 Å². The fourth-order valence-corrected chi connectivity index (χ4v) is 3.23. The summed E-state index contributed by atoms with van der Waals surface area (Å²) >= 11 is 0. The first kappa shape index (κ1) is 11.9. The van der Waals surface area contributed by atoms with Crippen molar-refractivity contribution in [3.05, 3.63) is 0 Å². The summed E-state index contributed by atoms with van der Waals surface area (Å²) in [5.41, 5.74) is 5.62. The van der Waals surface area contributed by atoms with Crippen LogP contribution >= 0.6 is 0 Å². The van der Waals surface area contributed by atoms with Crippen LogP contribution in [-0.4, -0.2) is 29.4 Å². The van der Waals surface area contributed by atoms with E-state index in [-0.39, 0.29) is 5.91 Å². The standard InChI is InChI=1S/C13H24N2O/c1-12(2,14)11(16)15-9-8-13(10-15)6-4-3-5-7-13/h3-10,14H2,1-2H3. The lowest BCUT2D eigenvalue weighted by Gasteiger charge is -2.34. The smallest absolute Gasteiger partial charge is 0.242 e. The van der Waals surface area contributed by atoms with Crippen LogP contribution in [0.5, 0.6) is 0 Å². The van der Waals surface area contributed by atoms with Crippen molar-refractivity contribution >= 4 is 5.91 Å². The Bertz CT molecular complexity index is 274. The van der Waals surface area contributed by atoms with Gasteiger partial charge in [-0.2, -0.15) is 0 Å². The van der Waals surface area contributed by atoms with Gasteiger partial charge in [0.05, 0.1) is 5.54 Å². The molecule has 0 aromatic rings. The maximum Gasteiger partial charge on any atom is 0.242 e. The van der Waals surface area contributed by atoms with Gasteiger partial charge >= 0.3 is 0 Å². The first-order chi connectivity index (χ1) is 7.43. The number of hydrogen-bond donors (Lipinski definition) is 1. The molecule has 0 unspecified atom stereocenters. The van der Waals surface area contributed by atoms with Crippen LogP contribution in [0, 0.1) is 5.41 Å². The Morgan fingerprint density at radius 2 is 1.81 bits per heavy atom. The van der Waals surface area contributed by atoms with Gasteiger partial charge in [-0.1, -0.05) is 19.3 Å². The highest BCUT2D eigenvalue weighted by molar-refractivity contribution is 5.85. The number of likely N-dealkylation sites (tertiary alicyclic amines) is 1. The molecule has 1 aliphatic carbocycles. The number of nitrogens with two attached hydrogens (primary N) is 1. The minimum atomic E-state index is -0.708. The highest BCUT2D eigenvalue weighted by Gasteiger charge is 2.42. The molecule has 1 saturated heterocycles. The molecule has 0 aromatic heterocycles. The van der Waals surface area contributed by atoms with E-state index in [2.05, 4.69) is 0 Å². The summed E-state index contributed by atoms with van der Waals surface area (Å²) in [5, 5.41) is 0. The van der Waals surface area contributed by atoms with E-state index >= 15 is 0 Å². The van der Waals surface area contributed by atoms with Gasteiger partial charge in [0.1, 0.15) is 0 Å². The number of nitrogens with zero attached hydrogens (tertiary/aromatic N) is 1. The zero-order valence-corrected chi connectivity index (χ0v) is 10.6. The van der Waals surface area contributed by atoms with Gasteiger partial charge in [-0.25, -0.2) is 0 Å². The minimum Gasteiger partial charge on any atom is -0.341 e. The highest BCUT2D eigenvalue weighted by atomic mass is 16.2. The normalized spacial score (nSPS) is 25.1. The van der Waals surface area contributed by atoms with Crippen LogP contribution in [0.15, 0.2) is 0 Å². The summed E-state index contributed by atoms with van der Waals surface area (Å²) in [6, 6.07) is 0. The van der Waals surface area contributed by atoms with E-state index in [1.54, 1.807) is 13.8 Å². The fourth-order valence-electron chi connectivity index (χ4n) is 3.23. The largest absolute Gasteiger partial charge is 0.341 e. The molecule has 2 rings (SSSR count). The number of amides is 1. The van der Waals surface area contributed by atoms with Crippen LogP contribution in [-0.2, 0) is 4.79 Å². The molecule has 1 heterocycles. The molecule has 1 spiro atoms. The Hall–Kier alpha value is -0.570. The topological polar surface area (TPSA) is 46.3 Å². The highest BCUT2D eigenvalue weighted by Crippen LogP contribution is 2.43.